The van der Waals surface area contributed by atoms with Gasteiger partial charge in [-0.1, -0.05) is 0 Å². The Morgan fingerprint density at radius 1 is 1.25 bits per heavy atom. The third-order valence-electron chi connectivity index (χ3n) is 2.13. The van der Waals surface area contributed by atoms with E-state index in [-0.39, 0.29) is 12.3 Å². The number of benzene rings is 1. The van der Waals surface area contributed by atoms with Gasteiger partial charge in [0, 0.05) is 24.4 Å². The molecule has 0 aliphatic carbocycles. The van der Waals surface area contributed by atoms with Crippen molar-refractivity contribution in [1.29, 1.82) is 0 Å². The number of hydrogen-bond acceptors (Lipinski definition) is 3. The van der Waals surface area contributed by atoms with Gasteiger partial charge in [-0.3, -0.25) is 4.79 Å². The van der Waals surface area contributed by atoms with Crippen LogP contribution in [0.5, 0.6) is 5.75 Å². The molecule has 112 valence electrons. The molecule has 1 aromatic rings. The lowest BCUT2D eigenvalue weighted by Gasteiger charge is -2.22. The lowest BCUT2D eigenvalue weighted by Crippen LogP contribution is -2.24. The van der Waals surface area contributed by atoms with Crippen LogP contribution >= 0.6 is 0 Å². The van der Waals surface area contributed by atoms with Gasteiger partial charge in [-0.25, -0.2) is 8.78 Å². The van der Waals surface area contributed by atoms with Crippen molar-refractivity contribution in [2.45, 2.75) is 33.3 Å². The molecule has 0 spiro atoms. The van der Waals surface area contributed by atoms with Gasteiger partial charge in [-0.05, 0) is 27.7 Å². The van der Waals surface area contributed by atoms with Crippen LogP contribution in [0.15, 0.2) is 12.1 Å². The fourth-order valence-electron chi connectivity index (χ4n) is 1.43. The van der Waals surface area contributed by atoms with Crippen LogP contribution in [0.1, 0.15) is 27.7 Å². The SMILES string of the molecule is CCOCC(=O)Nc1cc(F)c(OC(C)(C)C)c(F)c1. The normalized spacial score (nSPS) is 11.3. The standard InChI is InChI=1S/C14H19F2NO3/c1-5-19-8-12(18)17-9-6-10(15)13(11(16)7-9)20-14(2,3)4/h6-7H,5,8H2,1-4H3,(H,17,18). The summed E-state index contributed by atoms with van der Waals surface area (Å²) in [5.74, 6) is -2.67. The van der Waals surface area contributed by atoms with Crippen LogP contribution in [0, 0.1) is 11.6 Å². The molecule has 1 rings (SSSR count). The van der Waals surface area contributed by atoms with Crippen LogP contribution in [0.25, 0.3) is 0 Å². The molecule has 0 unspecified atom stereocenters. The molecule has 4 nitrogen and oxygen atoms in total. The number of hydrogen-bond donors (Lipinski definition) is 1. The Bertz CT molecular complexity index is 461. The van der Waals surface area contributed by atoms with Crippen molar-refractivity contribution in [3.63, 3.8) is 0 Å². The highest BCUT2D eigenvalue weighted by molar-refractivity contribution is 5.91. The van der Waals surface area contributed by atoms with E-state index in [1.54, 1.807) is 27.7 Å². The van der Waals surface area contributed by atoms with Gasteiger partial charge < -0.3 is 14.8 Å². The third kappa shape index (κ3) is 5.13. The van der Waals surface area contributed by atoms with Gasteiger partial charge in [0.05, 0.1) is 0 Å². The van der Waals surface area contributed by atoms with E-state index in [2.05, 4.69) is 5.32 Å². The predicted octanol–water partition coefficient (Wildman–Crippen LogP) is 3.12. The van der Waals surface area contributed by atoms with E-state index >= 15 is 0 Å². The first kappa shape index (κ1) is 16.4. The van der Waals surface area contributed by atoms with E-state index in [9.17, 15) is 13.6 Å². The van der Waals surface area contributed by atoms with Crippen molar-refractivity contribution in [2.24, 2.45) is 0 Å². The number of anilines is 1. The van der Waals surface area contributed by atoms with Gasteiger partial charge in [0.1, 0.15) is 12.2 Å². The molecule has 0 aliphatic heterocycles. The van der Waals surface area contributed by atoms with Crippen molar-refractivity contribution in [3.05, 3.63) is 23.8 Å². The zero-order valence-electron chi connectivity index (χ0n) is 12.0. The topological polar surface area (TPSA) is 47.6 Å². The number of ether oxygens (including phenoxy) is 2. The van der Waals surface area contributed by atoms with Gasteiger partial charge in [-0.2, -0.15) is 0 Å². The maximum Gasteiger partial charge on any atom is 0.250 e. The van der Waals surface area contributed by atoms with Crippen LogP contribution in [-0.2, 0) is 9.53 Å². The van der Waals surface area contributed by atoms with E-state index in [1.165, 1.54) is 0 Å². The fourth-order valence-corrected chi connectivity index (χ4v) is 1.43. The number of halogens is 2. The average Bonchev–Trinajstić information content (AvgIpc) is 2.30. The summed E-state index contributed by atoms with van der Waals surface area (Å²) < 4.78 is 37.7. The molecule has 0 atom stereocenters. The van der Waals surface area contributed by atoms with Crippen LogP contribution in [0.2, 0.25) is 0 Å². The van der Waals surface area contributed by atoms with Gasteiger partial charge in [0.15, 0.2) is 17.4 Å². The summed E-state index contributed by atoms with van der Waals surface area (Å²) in [7, 11) is 0. The maximum atomic E-state index is 13.8. The molecular formula is C14H19F2NO3. The second-order valence-corrected chi connectivity index (χ2v) is 5.17. The number of amides is 1. The average molecular weight is 287 g/mol. The smallest absolute Gasteiger partial charge is 0.250 e. The molecule has 0 radical (unpaired) electrons. The Kier molecular flexibility index (Phi) is 5.44. The second-order valence-electron chi connectivity index (χ2n) is 5.17. The van der Waals surface area contributed by atoms with Crippen molar-refractivity contribution < 1.29 is 23.0 Å². The fraction of sp³-hybridized carbons (Fsp3) is 0.500. The Morgan fingerprint density at radius 3 is 2.25 bits per heavy atom. The Hall–Kier alpha value is -1.69. The van der Waals surface area contributed by atoms with Gasteiger partial charge in [0.2, 0.25) is 5.91 Å². The molecular weight excluding hydrogens is 268 g/mol. The summed E-state index contributed by atoms with van der Waals surface area (Å²) >= 11 is 0. The van der Waals surface area contributed by atoms with E-state index in [0.717, 1.165) is 12.1 Å². The molecule has 0 heterocycles. The van der Waals surface area contributed by atoms with Crippen molar-refractivity contribution in [2.75, 3.05) is 18.5 Å². The van der Waals surface area contributed by atoms with Crippen molar-refractivity contribution in [1.82, 2.24) is 0 Å². The molecule has 0 bridgehead atoms. The van der Waals surface area contributed by atoms with Gasteiger partial charge in [-0.15, -0.1) is 0 Å². The summed E-state index contributed by atoms with van der Waals surface area (Å²) in [5.41, 5.74) is -0.701. The summed E-state index contributed by atoms with van der Waals surface area (Å²) in [5, 5.41) is 2.35. The molecule has 6 heteroatoms. The lowest BCUT2D eigenvalue weighted by atomic mass is 10.2. The molecule has 20 heavy (non-hydrogen) atoms. The van der Waals surface area contributed by atoms with Crippen molar-refractivity contribution >= 4 is 11.6 Å². The van der Waals surface area contributed by atoms with Crippen molar-refractivity contribution in [3.8, 4) is 5.75 Å². The third-order valence-corrected chi connectivity index (χ3v) is 2.13. The predicted molar refractivity (Wildman–Crippen MR) is 71.9 cm³/mol. The maximum absolute atomic E-state index is 13.8. The number of carbonyl (C=O) groups excluding carboxylic acids is 1. The number of rotatable bonds is 5. The molecule has 1 aromatic carbocycles. The van der Waals surface area contributed by atoms with Crippen LogP contribution in [-0.4, -0.2) is 24.7 Å². The molecule has 0 saturated heterocycles. The summed E-state index contributed by atoms with van der Waals surface area (Å²) in [6.45, 7) is 7.01. The largest absolute Gasteiger partial charge is 0.482 e. The summed E-state index contributed by atoms with van der Waals surface area (Å²) in [6.07, 6.45) is 0. The highest BCUT2D eigenvalue weighted by Crippen LogP contribution is 2.28. The molecule has 0 saturated carbocycles. The first-order chi connectivity index (χ1) is 9.23. The molecule has 0 aliphatic rings. The highest BCUT2D eigenvalue weighted by atomic mass is 19.1. The first-order valence-electron chi connectivity index (χ1n) is 6.28. The van der Waals surface area contributed by atoms with Gasteiger partial charge in [0.25, 0.3) is 0 Å². The first-order valence-corrected chi connectivity index (χ1v) is 6.28. The minimum atomic E-state index is -0.869. The van der Waals surface area contributed by atoms with Crippen LogP contribution in [0.4, 0.5) is 14.5 Å². The Morgan fingerprint density at radius 2 is 1.80 bits per heavy atom. The lowest BCUT2D eigenvalue weighted by molar-refractivity contribution is -0.120. The van der Waals surface area contributed by atoms with E-state index in [1.807, 2.05) is 0 Å². The highest BCUT2D eigenvalue weighted by Gasteiger charge is 2.20. The summed E-state index contributed by atoms with van der Waals surface area (Å²) in [6, 6.07) is 2.02. The second kappa shape index (κ2) is 6.65. The Labute approximate surface area is 117 Å². The van der Waals surface area contributed by atoms with E-state index in [4.69, 9.17) is 9.47 Å². The molecule has 0 fully saturated rings. The Balaban J connectivity index is 2.85. The van der Waals surface area contributed by atoms with Crippen LogP contribution < -0.4 is 10.1 Å². The minimum Gasteiger partial charge on any atom is -0.482 e. The van der Waals surface area contributed by atoms with Crippen LogP contribution in [0.3, 0.4) is 0 Å². The monoisotopic (exact) mass is 287 g/mol. The molecule has 1 N–H and O–H groups in total. The minimum absolute atomic E-state index is 0.0194. The van der Waals surface area contributed by atoms with Gasteiger partial charge >= 0.3 is 0 Å². The quantitative estimate of drug-likeness (QED) is 0.905. The molecule has 1 amide bonds. The zero-order valence-corrected chi connectivity index (χ0v) is 12.0. The number of carbonyl (C=O) groups is 1. The summed E-state index contributed by atoms with van der Waals surface area (Å²) in [4.78, 5) is 11.4. The van der Waals surface area contributed by atoms with E-state index < -0.39 is 28.9 Å². The number of nitrogens with one attached hydrogen (secondary N) is 1. The zero-order chi connectivity index (χ0) is 15.3. The molecule has 0 aromatic heterocycles. The van der Waals surface area contributed by atoms with E-state index in [0.29, 0.717) is 6.61 Å².